The molecule has 37 heavy (non-hydrogen) atoms. The number of hydrogen-bond donors (Lipinski definition) is 2. The number of nitrogens with one attached hydrogen (secondary N) is 2. The summed E-state index contributed by atoms with van der Waals surface area (Å²) in [5, 5.41) is 12.7. The highest BCUT2D eigenvalue weighted by molar-refractivity contribution is 6.31. The summed E-state index contributed by atoms with van der Waals surface area (Å²) >= 11 is 6.14. The van der Waals surface area contributed by atoms with E-state index in [1.54, 1.807) is 60.9 Å². The number of nitriles is 1. The van der Waals surface area contributed by atoms with Crippen LogP contribution < -0.4 is 5.32 Å². The van der Waals surface area contributed by atoms with Gasteiger partial charge in [0.25, 0.3) is 5.91 Å². The second-order valence-corrected chi connectivity index (χ2v) is 8.74. The standard InChI is InChI=1S/C28H20ClFN6O/c29-22-9-5-18(14-20(22)16-31)27-26(17-3-7-21(30)8-4-17)35-23-10-6-19(15-24(23)36-27)28(37)34-11-1-2-25-32-12-13-33-25/h3-10,12-15H,1-2,11H2,(H,32,33)(H,34,37). The average molecular weight is 511 g/mol. The number of hydrogen-bond acceptors (Lipinski definition) is 5. The first kappa shape index (κ1) is 24.1. The Morgan fingerprint density at radius 1 is 1.00 bits per heavy atom. The van der Waals surface area contributed by atoms with Crippen LogP contribution in [0.2, 0.25) is 5.02 Å². The SMILES string of the molecule is N#Cc1cc(-c2nc3cc(C(=O)NCCCc4ncc[nH]4)ccc3nc2-c2ccc(F)cc2)ccc1Cl. The molecule has 0 spiro atoms. The molecule has 0 radical (unpaired) electrons. The highest BCUT2D eigenvalue weighted by Crippen LogP contribution is 2.33. The van der Waals surface area contributed by atoms with Gasteiger partial charge in [-0.05, 0) is 61.0 Å². The molecule has 2 aromatic heterocycles. The number of amides is 1. The Kier molecular flexibility index (Phi) is 6.88. The van der Waals surface area contributed by atoms with Crippen LogP contribution in [0.15, 0.2) is 73.1 Å². The van der Waals surface area contributed by atoms with Gasteiger partial charge in [-0.1, -0.05) is 17.7 Å². The van der Waals surface area contributed by atoms with Crippen LogP contribution in [0.1, 0.15) is 28.2 Å². The van der Waals surface area contributed by atoms with Crippen molar-refractivity contribution in [2.24, 2.45) is 0 Å². The molecule has 2 heterocycles. The molecule has 0 unspecified atom stereocenters. The maximum atomic E-state index is 13.6. The summed E-state index contributed by atoms with van der Waals surface area (Å²) in [6.07, 6.45) is 4.95. The fourth-order valence-corrected chi connectivity index (χ4v) is 4.12. The predicted octanol–water partition coefficient (Wildman–Crippen LogP) is 5.71. The van der Waals surface area contributed by atoms with Crippen molar-refractivity contribution in [1.29, 1.82) is 5.26 Å². The molecule has 3 aromatic carbocycles. The van der Waals surface area contributed by atoms with E-state index in [9.17, 15) is 14.4 Å². The van der Waals surface area contributed by atoms with Crippen molar-refractivity contribution in [3.8, 4) is 28.6 Å². The van der Waals surface area contributed by atoms with Crippen LogP contribution in [0.5, 0.6) is 0 Å². The number of imidazole rings is 1. The summed E-state index contributed by atoms with van der Waals surface area (Å²) in [4.78, 5) is 29.6. The summed E-state index contributed by atoms with van der Waals surface area (Å²) < 4.78 is 13.6. The molecule has 5 aromatic rings. The molecule has 5 rings (SSSR count). The lowest BCUT2D eigenvalue weighted by Crippen LogP contribution is -2.24. The topological polar surface area (TPSA) is 107 Å². The van der Waals surface area contributed by atoms with E-state index in [-0.39, 0.29) is 11.7 Å². The first-order valence-corrected chi connectivity index (χ1v) is 11.9. The van der Waals surface area contributed by atoms with Gasteiger partial charge < -0.3 is 10.3 Å². The van der Waals surface area contributed by atoms with Crippen LogP contribution in [-0.2, 0) is 6.42 Å². The molecule has 1 amide bonds. The third-order valence-electron chi connectivity index (χ3n) is 5.84. The fraction of sp³-hybridized carbons (Fsp3) is 0.107. The van der Waals surface area contributed by atoms with Gasteiger partial charge in [0.2, 0.25) is 0 Å². The van der Waals surface area contributed by atoms with Crippen LogP contribution in [-0.4, -0.2) is 32.4 Å². The number of H-pyrrole nitrogens is 1. The number of halogens is 2. The van der Waals surface area contributed by atoms with Crippen molar-refractivity contribution < 1.29 is 9.18 Å². The number of nitrogens with zero attached hydrogens (tertiary/aromatic N) is 4. The largest absolute Gasteiger partial charge is 0.352 e. The van der Waals surface area contributed by atoms with Crippen molar-refractivity contribution in [3.63, 3.8) is 0 Å². The van der Waals surface area contributed by atoms with E-state index in [4.69, 9.17) is 21.6 Å². The Bertz CT molecular complexity index is 1630. The molecular formula is C28H20ClFN6O. The van der Waals surface area contributed by atoms with Gasteiger partial charge in [-0.2, -0.15) is 5.26 Å². The summed E-state index contributed by atoms with van der Waals surface area (Å²) in [6.45, 7) is 0.500. The zero-order chi connectivity index (χ0) is 25.8. The number of fused-ring (bicyclic) bond motifs is 1. The van der Waals surface area contributed by atoms with E-state index in [0.717, 1.165) is 18.7 Å². The van der Waals surface area contributed by atoms with E-state index in [0.29, 0.717) is 56.2 Å². The molecule has 7 nitrogen and oxygen atoms in total. The molecule has 9 heteroatoms. The lowest BCUT2D eigenvalue weighted by Gasteiger charge is -2.12. The number of rotatable bonds is 7. The van der Waals surface area contributed by atoms with Gasteiger partial charge >= 0.3 is 0 Å². The average Bonchev–Trinajstić information content (AvgIpc) is 3.44. The molecule has 0 aliphatic heterocycles. The van der Waals surface area contributed by atoms with Crippen LogP contribution in [0, 0.1) is 17.1 Å². The van der Waals surface area contributed by atoms with E-state index in [1.165, 1.54) is 12.1 Å². The summed E-state index contributed by atoms with van der Waals surface area (Å²) in [6, 6.07) is 18.2. The number of aromatic amines is 1. The number of aromatic nitrogens is 4. The smallest absolute Gasteiger partial charge is 0.251 e. The minimum atomic E-state index is -0.364. The Balaban J connectivity index is 1.49. The van der Waals surface area contributed by atoms with Gasteiger partial charge in [0.05, 0.1) is 33.0 Å². The van der Waals surface area contributed by atoms with Gasteiger partial charge in [-0.25, -0.2) is 19.3 Å². The lowest BCUT2D eigenvalue weighted by molar-refractivity contribution is 0.0953. The third kappa shape index (κ3) is 5.32. The highest BCUT2D eigenvalue weighted by atomic mass is 35.5. The van der Waals surface area contributed by atoms with Gasteiger partial charge in [0, 0.05) is 42.0 Å². The number of aryl methyl sites for hydroxylation is 1. The Hall–Kier alpha value is -4.61. The van der Waals surface area contributed by atoms with Gasteiger partial charge in [0.15, 0.2) is 0 Å². The highest BCUT2D eigenvalue weighted by Gasteiger charge is 2.16. The maximum Gasteiger partial charge on any atom is 0.251 e. The number of carbonyl (C=O) groups excluding carboxylic acids is 1. The van der Waals surface area contributed by atoms with Gasteiger partial charge in [0.1, 0.15) is 17.7 Å². The summed E-state index contributed by atoms with van der Waals surface area (Å²) in [7, 11) is 0. The molecule has 0 atom stereocenters. The number of carbonyl (C=O) groups is 1. The normalized spacial score (nSPS) is 10.8. The zero-order valence-corrected chi connectivity index (χ0v) is 20.3. The number of benzene rings is 3. The molecule has 0 fully saturated rings. The Morgan fingerprint density at radius 2 is 1.76 bits per heavy atom. The maximum absolute atomic E-state index is 13.6. The van der Waals surface area contributed by atoms with Crippen molar-refractivity contribution >= 4 is 28.5 Å². The minimum absolute atomic E-state index is 0.217. The molecule has 0 saturated heterocycles. The first-order valence-electron chi connectivity index (χ1n) is 11.6. The molecule has 0 bridgehead atoms. The molecule has 0 saturated carbocycles. The van der Waals surface area contributed by atoms with Crippen molar-refractivity contribution in [2.45, 2.75) is 12.8 Å². The Morgan fingerprint density at radius 3 is 2.51 bits per heavy atom. The fourth-order valence-electron chi connectivity index (χ4n) is 3.96. The van der Waals surface area contributed by atoms with E-state index in [2.05, 4.69) is 21.4 Å². The summed E-state index contributed by atoms with van der Waals surface area (Å²) in [5.74, 6) is 0.296. The van der Waals surface area contributed by atoms with Crippen molar-refractivity contribution in [3.05, 3.63) is 101 Å². The van der Waals surface area contributed by atoms with Crippen LogP contribution in [0.25, 0.3) is 33.5 Å². The van der Waals surface area contributed by atoms with E-state index >= 15 is 0 Å². The molecule has 0 aliphatic rings. The second kappa shape index (κ2) is 10.6. The van der Waals surface area contributed by atoms with Gasteiger partial charge in [-0.15, -0.1) is 0 Å². The van der Waals surface area contributed by atoms with Crippen LogP contribution in [0.3, 0.4) is 0 Å². The quantitative estimate of drug-likeness (QED) is 0.272. The molecule has 182 valence electrons. The van der Waals surface area contributed by atoms with Crippen molar-refractivity contribution in [1.82, 2.24) is 25.3 Å². The van der Waals surface area contributed by atoms with E-state index < -0.39 is 0 Å². The van der Waals surface area contributed by atoms with Gasteiger partial charge in [-0.3, -0.25) is 4.79 Å². The first-order chi connectivity index (χ1) is 18.0. The van der Waals surface area contributed by atoms with Crippen LogP contribution in [0.4, 0.5) is 4.39 Å². The molecular weight excluding hydrogens is 491 g/mol. The van der Waals surface area contributed by atoms with Crippen LogP contribution >= 0.6 is 11.6 Å². The molecule has 2 N–H and O–H groups in total. The predicted molar refractivity (Wildman–Crippen MR) is 139 cm³/mol. The van der Waals surface area contributed by atoms with E-state index in [1.807, 2.05) is 0 Å². The molecule has 0 aliphatic carbocycles. The summed E-state index contributed by atoms with van der Waals surface area (Å²) in [5.41, 5.74) is 4.14. The minimum Gasteiger partial charge on any atom is -0.352 e. The second-order valence-electron chi connectivity index (χ2n) is 8.33. The van der Waals surface area contributed by atoms with Crippen molar-refractivity contribution in [2.75, 3.05) is 6.54 Å². The monoisotopic (exact) mass is 510 g/mol. The Labute approximate surface area is 217 Å². The lowest BCUT2D eigenvalue weighted by atomic mass is 10.0. The third-order valence-corrected chi connectivity index (χ3v) is 6.16. The zero-order valence-electron chi connectivity index (χ0n) is 19.5.